The van der Waals surface area contributed by atoms with Crippen molar-refractivity contribution in [3.63, 3.8) is 0 Å². The fourth-order valence-corrected chi connectivity index (χ4v) is 2.91. The molecule has 0 aliphatic carbocycles. The summed E-state index contributed by atoms with van der Waals surface area (Å²) in [6.45, 7) is 4.13. The largest absolute Gasteiger partial charge is 0.368 e. The summed E-state index contributed by atoms with van der Waals surface area (Å²) in [5.41, 5.74) is 4.34. The molecule has 0 bridgehead atoms. The molecule has 7 heteroatoms. The van der Waals surface area contributed by atoms with Gasteiger partial charge in [0, 0.05) is 62.3 Å². The number of piperazine rings is 1. The van der Waals surface area contributed by atoms with Gasteiger partial charge < -0.3 is 15.2 Å². The van der Waals surface area contributed by atoms with Crippen molar-refractivity contribution in [2.24, 2.45) is 7.05 Å². The van der Waals surface area contributed by atoms with Gasteiger partial charge in [-0.1, -0.05) is 0 Å². The van der Waals surface area contributed by atoms with E-state index in [0.29, 0.717) is 0 Å². The SMILES string of the molecule is Cl.Cn1cc(-c2cc3c(N4CCNCC4)ccnc3[nH]2)cn1. The molecule has 22 heavy (non-hydrogen) atoms. The van der Waals surface area contributed by atoms with Gasteiger partial charge in [0.05, 0.1) is 11.9 Å². The minimum absolute atomic E-state index is 0. The van der Waals surface area contributed by atoms with E-state index < -0.39 is 0 Å². The van der Waals surface area contributed by atoms with Gasteiger partial charge in [-0.2, -0.15) is 5.10 Å². The average Bonchev–Trinajstić information content (AvgIpc) is 3.13. The summed E-state index contributed by atoms with van der Waals surface area (Å²) in [6.07, 6.45) is 5.76. The molecule has 4 rings (SSSR count). The van der Waals surface area contributed by atoms with Crippen LogP contribution >= 0.6 is 12.4 Å². The maximum absolute atomic E-state index is 4.46. The Hall–Kier alpha value is -2.05. The van der Waals surface area contributed by atoms with E-state index in [0.717, 1.165) is 43.1 Å². The Morgan fingerprint density at radius 1 is 1.23 bits per heavy atom. The van der Waals surface area contributed by atoms with E-state index in [4.69, 9.17) is 0 Å². The number of aromatic nitrogens is 4. The van der Waals surface area contributed by atoms with Crippen LogP contribution in [0.5, 0.6) is 0 Å². The molecule has 0 spiro atoms. The molecule has 3 aromatic heterocycles. The number of fused-ring (bicyclic) bond motifs is 1. The molecule has 0 atom stereocenters. The highest BCUT2D eigenvalue weighted by Gasteiger charge is 2.15. The van der Waals surface area contributed by atoms with Crippen LogP contribution in [0, 0.1) is 0 Å². The van der Waals surface area contributed by atoms with E-state index >= 15 is 0 Å². The molecule has 116 valence electrons. The number of anilines is 1. The number of rotatable bonds is 2. The molecule has 4 heterocycles. The molecule has 2 N–H and O–H groups in total. The normalized spacial score (nSPS) is 15.0. The molecule has 1 aliphatic rings. The maximum atomic E-state index is 4.46. The lowest BCUT2D eigenvalue weighted by Crippen LogP contribution is -2.43. The first-order valence-electron chi connectivity index (χ1n) is 7.24. The highest BCUT2D eigenvalue weighted by atomic mass is 35.5. The molecular formula is C15H19ClN6. The van der Waals surface area contributed by atoms with E-state index in [1.54, 1.807) is 0 Å². The number of aryl methyl sites for hydroxylation is 1. The van der Waals surface area contributed by atoms with E-state index in [9.17, 15) is 0 Å². The lowest BCUT2D eigenvalue weighted by molar-refractivity contribution is 0.590. The van der Waals surface area contributed by atoms with Gasteiger partial charge in [0.25, 0.3) is 0 Å². The quantitative estimate of drug-likeness (QED) is 0.756. The van der Waals surface area contributed by atoms with E-state index in [2.05, 4.69) is 37.4 Å². The van der Waals surface area contributed by atoms with Crippen molar-refractivity contribution in [1.29, 1.82) is 0 Å². The van der Waals surface area contributed by atoms with Gasteiger partial charge in [0.2, 0.25) is 0 Å². The third kappa shape index (κ3) is 2.55. The Balaban J connectivity index is 0.00000144. The average molecular weight is 319 g/mol. The fraction of sp³-hybridized carbons (Fsp3) is 0.333. The van der Waals surface area contributed by atoms with Crippen LogP contribution in [0.1, 0.15) is 0 Å². The van der Waals surface area contributed by atoms with Crippen LogP contribution in [0.4, 0.5) is 5.69 Å². The van der Waals surface area contributed by atoms with E-state index in [1.807, 2.05) is 30.3 Å². The highest BCUT2D eigenvalue weighted by Crippen LogP contribution is 2.30. The molecule has 0 unspecified atom stereocenters. The van der Waals surface area contributed by atoms with Crippen LogP contribution in [0.15, 0.2) is 30.7 Å². The molecule has 0 aromatic carbocycles. The van der Waals surface area contributed by atoms with Gasteiger partial charge in [-0.15, -0.1) is 12.4 Å². The molecule has 1 fully saturated rings. The molecule has 3 aromatic rings. The Bertz CT molecular complexity index is 771. The molecule has 1 saturated heterocycles. The Morgan fingerprint density at radius 3 is 2.77 bits per heavy atom. The molecule has 0 radical (unpaired) electrons. The van der Waals surface area contributed by atoms with Crippen LogP contribution in [-0.4, -0.2) is 45.9 Å². The van der Waals surface area contributed by atoms with Gasteiger partial charge in [0.15, 0.2) is 0 Å². The second-order valence-corrected chi connectivity index (χ2v) is 5.42. The second kappa shape index (κ2) is 5.98. The number of hydrogen-bond acceptors (Lipinski definition) is 4. The van der Waals surface area contributed by atoms with Crippen LogP contribution in [0.2, 0.25) is 0 Å². The van der Waals surface area contributed by atoms with Crippen molar-refractivity contribution < 1.29 is 0 Å². The summed E-state index contributed by atoms with van der Waals surface area (Å²) in [4.78, 5) is 10.3. The third-order valence-corrected chi connectivity index (χ3v) is 3.98. The van der Waals surface area contributed by atoms with Crippen LogP contribution in [0.25, 0.3) is 22.3 Å². The van der Waals surface area contributed by atoms with Crippen LogP contribution < -0.4 is 10.2 Å². The first-order valence-corrected chi connectivity index (χ1v) is 7.24. The minimum atomic E-state index is 0. The van der Waals surface area contributed by atoms with Crippen molar-refractivity contribution in [3.05, 3.63) is 30.7 Å². The van der Waals surface area contributed by atoms with Gasteiger partial charge in [-0.3, -0.25) is 4.68 Å². The summed E-state index contributed by atoms with van der Waals surface area (Å²) in [7, 11) is 1.93. The molecule has 1 aliphatic heterocycles. The highest BCUT2D eigenvalue weighted by molar-refractivity contribution is 5.93. The Labute approximate surface area is 134 Å². The smallest absolute Gasteiger partial charge is 0.139 e. The number of aromatic amines is 1. The predicted octanol–water partition coefficient (Wildman–Crippen LogP) is 1.79. The Morgan fingerprint density at radius 2 is 2.05 bits per heavy atom. The lowest BCUT2D eigenvalue weighted by atomic mass is 10.2. The number of pyridine rings is 1. The first-order chi connectivity index (χ1) is 10.3. The summed E-state index contributed by atoms with van der Waals surface area (Å²) in [5, 5.41) is 8.80. The number of halogens is 1. The van der Waals surface area contributed by atoms with Gasteiger partial charge >= 0.3 is 0 Å². The van der Waals surface area contributed by atoms with Crippen molar-refractivity contribution in [2.75, 3.05) is 31.1 Å². The maximum Gasteiger partial charge on any atom is 0.139 e. The van der Waals surface area contributed by atoms with Gasteiger partial charge in [0.1, 0.15) is 5.65 Å². The fourth-order valence-electron chi connectivity index (χ4n) is 2.91. The first kappa shape index (κ1) is 14.9. The Kier molecular flexibility index (Phi) is 4.04. The zero-order chi connectivity index (χ0) is 14.2. The molecular weight excluding hydrogens is 300 g/mol. The van der Waals surface area contributed by atoms with E-state index in [1.165, 1.54) is 11.1 Å². The van der Waals surface area contributed by atoms with E-state index in [-0.39, 0.29) is 12.4 Å². The van der Waals surface area contributed by atoms with Crippen molar-refractivity contribution in [2.45, 2.75) is 0 Å². The zero-order valence-electron chi connectivity index (χ0n) is 12.4. The summed E-state index contributed by atoms with van der Waals surface area (Å²) < 4.78 is 1.81. The molecule has 6 nitrogen and oxygen atoms in total. The van der Waals surface area contributed by atoms with Gasteiger partial charge in [-0.25, -0.2) is 4.98 Å². The second-order valence-electron chi connectivity index (χ2n) is 5.42. The predicted molar refractivity (Wildman–Crippen MR) is 90.6 cm³/mol. The van der Waals surface area contributed by atoms with Crippen molar-refractivity contribution in [1.82, 2.24) is 25.1 Å². The zero-order valence-corrected chi connectivity index (χ0v) is 13.2. The molecule has 0 amide bonds. The summed E-state index contributed by atoms with van der Waals surface area (Å²) >= 11 is 0. The summed E-state index contributed by atoms with van der Waals surface area (Å²) in [5.74, 6) is 0. The minimum Gasteiger partial charge on any atom is -0.368 e. The van der Waals surface area contributed by atoms with Crippen LogP contribution in [-0.2, 0) is 7.05 Å². The number of H-pyrrole nitrogens is 1. The topological polar surface area (TPSA) is 61.8 Å². The number of nitrogens with zero attached hydrogens (tertiary/aromatic N) is 4. The van der Waals surface area contributed by atoms with Crippen LogP contribution in [0.3, 0.4) is 0 Å². The molecule has 0 saturated carbocycles. The number of hydrogen-bond donors (Lipinski definition) is 2. The monoisotopic (exact) mass is 318 g/mol. The van der Waals surface area contributed by atoms with Crippen molar-refractivity contribution >= 4 is 29.1 Å². The third-order valence-electron chi connectivity index (χ3n) is 3.98. The van der Waals surface area contributed by atoms with Gasteiger partial charge in [-0.05, 0) is 12.1 Å². The summed E-state index contributed by atoms with van der Waals surface area (Å²) in [6, 6.07) is 4.28. The lowest BCUT2D eigenvalue weighted by Gasteiger charge is -2.29. The number of nitrogens with one attached hydrogen (secondary N) is 2. The van der Waals surface area contributed by atoms with Crippen molar-refractivity contribution in [3.8, 4) is 11.3 Å². The standard InChI is InChI=1S/C15H18N6.ClH/c1-20-10-11(9-18-20)13-8-12-14(2-3-17-15(12)19-13)21-6-4-16-5-7-21;/h2-3,8-10,16H,4-7H2,1H3,(H,17,19);1H.